The van der Waals surface area contributed by atoms with Crippen molar-refractivity contribution in [1.82, 2.24) is 9.88 Å². The van der Waals surface area contributed by atoms with E-state index in [1.807, 2.05) is 29.2 Å². The largest absolute Gasteiger partial charge is 0.457 e. The van der Waals surface area contributed by atoms with Crippen molar-refractivity contribution in [2.45, 2.75) is 25.9 Å². The second-order valence-corrected chi connectivity index (χ2v) is 7.86. The number of halogens is 1. The molecule has 2 heterocycles. The van der Waals surface area contributed by atoms with E-state index in [2.05, 4.69) is 16.4 Å². The maximum absolute atomic E-state index is 12.7. The molecule has 5 nitrogen and oxygen atoms in total. The molecule has 0 spiro atoms. The number of ether oxygens (including phenoxy) is 1. The fraction of sp³-hybridized carbons (Fsp3) is 0.280. The highest BCUT2D eigenvalue weighted by atomic mass is 19.1. The minimum atomic E-state index is -0.478. The molecule has 4 rings (SSSR count). The molecule has 160 valence electrons. The summed E-state index contributed by atoms with van der Waals surface area (Å²) in [6.45, 7) is 1.01. The molecule has 1 saturated heterocycles. The summed E-state index contributed by atoms with van der Waals surface area (Å²) in [5, 5.41) is 2.92. The molecule has 6 heteroatoms. The molecule has 0 radical (unpaired) electrons. The predicted octanol–water partition coefficient (Wildman–Crippen LogP) is 5.83. The molecular formula is C25H26FN3O2. The van der Waals surface area contributed by atoms with Crippen LogP contribution in [0.5, 0.6) is 11.5 Å². The molecular weight excluding hydrogens is 393 g/mol. The number of urea groups is 1. The van der Waals surface area contributed by atoms with Crippen LogP contribution in [-0.2, 0) is 13.1 Å². The van der Waals surface area contributed by atoms with Crippen molar-refractivity contribution >= 4 is 11.7 Å². The molecule has 0 aliphatic carbocycles. The van der Waals surface area contributed by atoms with Gasteiger partial charge in [0.05, 0.1) is 11.9 Å². The van der Waals surface area contributed by atoms with Gasteiger partial charge in [-0.05, 0) is 72.7 Å². The van der Waals surface area contributed by atoms with Gasteiger partial charge in [0.2, 0.25) is 0 Å². The zero-order valence-corrected chi connectivity index (χ0v) is 17.3. The Labute approximate surface area is 181 Å². The number of hydrogen-bond donors (Lipinski definition) is 1. The first kappa shape index (κ1) is 20.8. The Kier molecular flexibility index (Phi) is 6.77. The van der Waals surface area contributed by atoms with Gasteiger partial charge in [-0.15, -0.1) is 0 Å². The van der Waals surface area contributed by atoms with E-state index in [1.165, 1.54) is 5.56 Å². The molecule has 1 atom stereocenters. The number of nitrogens with zero attached hydrogens (tertiary/aromatic N) is 2. The van der Waals surface area contributed by atoms with Crippen molar-refractivity contribution in [2.75, 3.05) is 18.4 Å². The zero-order chi connectivity index (χ0) is 21.5. The van der Waals surface area contributed by atoms with Crippen LogP contribution in [0.1, 0.15) is 24.0 Å². The summed E-state index contributed by atoms with van der Waals surface area (Å²) in [7, 11) is 0. The first-order valence-electron chi connectivity index (χ1n) is 10.6. The molecule has 1 unspecified atom stereocenters. The number of amides is 2. The number of nitrogens with one attached hydrogen (secondary N) is 1. The topological polar surface area (TPSA) is 54.5 Å². The molecule has 1 aromatic heterocycles. The first-order chi connectivity index (χ1) is 15.2. The second kappa shape index (κ2) is 10.1. The lowest BCUT2D eigenvalue weighted by Gasteiger charge is -2.33. The van der Waals surface area contributed by atoms with Crippen LogP contribution in [0.3, 0.4) is 0 Å². The van der Waals surface area contributed by atoms with E-state index >= 15 is 0 Å². The minimum absolute atomic E-state index is 0.0773. The van der Waals surface area contributed by atoms with Crippen molar-refractivity contribution in [3.05, 3.63) is 84.2 Å². The van der Waals surface area contributed by atoms with Crippen LogP contribution >= 0.6 is 0 Å². The van der Waals surface area contributed by atoms with E-state index in [1.54, 1.807) is 42.7 Å². The Morgan fingerprint density at radius 2 is 1.97 bits per heavy atom. The van der Waals surface area contributed by atoms with Gasteiger partial charge in [-0.3, -0.25) is 4.98 Å². The fourth-order valence-corrected chi connectivity index (χ4v) is 3.91. The molecule has 2 aromatic carbocycles. The zero-order valence-electron chi connectivity index (χ0n) is 17.3. The first-order valence-corrected chi connectivity index (χ1v) is 10.6. The third-order valence-electron chi connectivity index (χ3n) is 5.46. The Hall–Kier alpha value is -3.41. The predicted molar refractivity (Wildman–Crippen MR) is 119 cm³/mol. The maximum Gasteiger partial charge on any atom is 0.321 e. The number of hydrogen-bond acceptors (Lipinski definition) is 3. The van der Waals surface area contributed by atoms with Gasteiger partial charge in [0, 0.05) is 19.3 Å². The highest BCUT2D eigenvalue weighted by molar-refractivity contribution is 5.89. The normalized spacial score (nSPS) is 16.0. The number of carbonyl (C=O) groups is 1. The van der Waals surface area contributed by atoms with Gasteiger partial charge in [-0.25, -0.2) is 9.18 Å². The van der Waals surface area contributed by atoms with E-state index in [4.69, 9.17) is 4.74 Å². The van der Waals surface area contributed by atoms with Crippen LogP contribution in [0, 0.1) is 5.92 Å². The highest BCUT2D eigenvalue weighted by Gasteiger charge is 2.24. The standard InChI is InChI=1S/C25H26FN3O2/c26-16-19-8-10-23(11-9-19)31-24-7-1-4-20(15-24)14-21-5-3-13-29(18-21)25(30)28-22-6-2-12-27-17-22/h1-2,4,6-12,15,17,21H,3,5,13-14,16,18H2,(H,28,30). The number of piperidine rings is 1. The maximum atomic E-state index is 12.7. The van der Waals surface area contributed by atoms with E-state index in [0.29, 0.717) is 22.9 Å². The molecule has 0 saturated carbocycles. The van der Waals surface area contributed by atoms with Gasteiger partial charge in [-0.2, -0.15) is 0 Å². The van der Waals surface area contributed by atoms with E-state index in [9.17, 15) is 9.18 Å². The third-order valence-corrected chi connectivity index (χ3v) is 5.46. The van der Waals surface area contributed by atoms with Crippen LogP contribution < -0.4 is 10.1 Å². The average Bonchev–Trinajstić information content (AvgIpc) is 2.81. The number of anilines is 1. The Balaban J connectivity index is 1.35. The second-order valence-electron chi connectivity index (χ2n) is 7.86. The average molecular weight is 420 g/mol. The van der Waals surface area contributed by atoms with E-state index in [-0.39, 0.29) is 6.03 Å². The van der Waals surface area contributed by atoms with Crippen LogP contribution in [0.25, 0.3) is 0 Å². The summed E-state index contributed by atoms with van der Waals surface area (Å²) < 4.78 is 18.6. The highest BCUT2D eigenvalue weighted by Crippen LogP contribution is 2.26. The number of rotatable bonds is 6. The summed E-state index contributed by atoms with van der Waals surface area (Å²) in [6.07, 6.45) is 6.29. The lowest BCUT2D eigenvalue weighted by atomic mass is 9.91. The number of aromatic nitrogens is 1. The van der Waals surface area contributed by atoms with Crippen molar-refractivity contribution in [3.8, 4) is 11.5 Å². The summed E-state index contributed by atoms with van der Waals surface area (Å²) >= 11 is 0. The van der Waals surface area contributed by atoms with Crippen LogP contribution in [0.15, 0.2) is 73.1 Å². The third kappa shape index (κ3) is 5.81. The molecule has 1 aliphatic heterocycles. The lowest BCUT2D eigenvalue weighted by Crippen LogP contribution is -2.42. The smallest absolute Gasteiger partial charge is 0.321 e. The molecule has 1 N–H and O–H groups in total. The van der Waals surface area contributed by atoms with Crippen LogP contribution in [-0.4, -0.2) is 29.0 Å². The van der Waals surface area contributed by atoms with Gasteiger partial charge >= 0.3 is 6.03 Å². The Morgan fingerprint density at radius 1 is 1.10 bits per heavy atom. The monoisotopic (exact) mass is 419 g/mol. The molecule has 1 aliphatic rings. The van der Waals surface area contributed by atoms with Gasteiger partial charge in [-0.1, -0.05) is 24.3 Å². The summed E-state index contributed by atoms with van der Waals surface area (Å²) in [5.74, 6) is 1.84. The fourth-order valence-electron chi connectivity index (χ4n) is 3.91. The van der Waals surface area contributed by atoms with Crippen molar-refractivity contribution in [1.29, 1.82) is 0 Å². The molecule has 0 bridgehead atoms. The number of benzene rings is 2. The lowest BCUT2D eigenvalue weighted by molar-refractivity contribution is 0.177. The van der Waals surface area contributed by atoms with E-state index < -0.39 is 6.67 Å². The number of alkyl halides is 1. The number of likely N-dealkylation sites (tertiary alicyclic amines) is 1. The minimum Gasteiger partial charge on any atom is -0.457 e. The van der Waals surface area contributed by atoms with Gasteiger partial charge in [0.25, 0.3) is 0 Å². The Bertz CT molecular complexity index is 995. The number of pyridine rings is 1. The number of carbonyl (C=O) groups excluding carboxylic acids is 1. The molecule has 2 amide bonds. The quantitative estimate of drug-likeness (QED) is 0.547. The summed E-state index contributed by atoms with van der Waals surface area (Å²) in [5.41, 5.74) is 2.52. The van der Waals surface area contributed by atoms with Gasteiger partial charge in [0.1, 0.15) is 18.2 Å². The van der Waals surface area contributed by atoms with E-state index in [0.717, 1.165) is 38.1 Å². The molecule has 31 heavy (non-hydrogen) atoms. The van der Waals surface area contributed by atoms with Crippen molar-refractivity contribution in [2.24, 2.45) is 5.92 Å². The van der Waals surface area contributed by atoms with Crippen LogP contribution in [0.2, 0.25) is 0 Å². The van der Waals surface area contributed by atoms with Crippen molar-refractivity contribution in [3.63, 3.8) is 0 Å². The van der Waals surface area contributed by atoms with Crippen molar-refractivity contribution < 1.29 is 13.9 Å². The summed E-state index contributed by atoms with van der Waals surface area (Å²) in [6, 6.07) is 18.6. The van der Waals surface area contributed by atoms with Gasteiger partial charge in [0.15, 0.2) is 0 Å². The molecule has 3 aromatic rings. The molecule has 1 fully saturated rings. The SMILES string of the molecule is O=C(Nc1cccnc1)N1CCCC(Cc2cccc(Oc3ccc(CF)cc3)c2)C1. The summed E-state index contributed by atoms with van der Waals surface area (Å²) in [4.78, 5) is 18.5. The Morgan fingerprint density at radius 3 is 2.74 bits per heavy atom. The van der Waals surface area contributed by atoms with Crippen LogP contribution in [0.4, 0.5) is 14.9 Å². The van der Waals surface area contributed by atoms with Gasteiger partial charge < -0.3 is 15.0 Å².